The van der Waals surface area contributed by atoms with Crippen molar-refractivity contribution in [3.8, 4) is 11.3 Å². The Bertz CT molecular complexity index is 940. The van der Waals surface area contributed by atoms with Gasteiger partial charge in [-0.15, -0.1) is 11.3 Å². The van der Waals surface area contributed by atoms with Crippen molar-refractivity contribution in [1.82, 2.24) is 4.98 Å². The molecule has 128 valence electrons. The molecule has 0 unspecified atom stereocenters. The maximum absolute atomic E-state index is 12.1. The van der Waals surface area contributed by atoms with E-state index in [1.807, 2.05) is 24.4 Å². The van der Waals surface area contributed by atoms with Gasteiger partial charge in [0.15, 0.2) is 5.13 Å². The zero-order valence-electron chi connectivity index (χ0n) is 13.6. The fourth-order valence-corrected chi connectivity index (χ4v) is 3.39. The Kier molecular flexibility index (Phi) is 5.27. The molecule has 7 heteroatoms. The van der Waals surface area contributed by atoms with E-state index in [0.717, 1.165) is 16.8 Å². The molecule has 0 spiro atoms. The molecule has 0 aliphatic heterocycles. The molecule has 0 saturated carbocycles. The molecule has 0 aliphatic carbocycles. The molecule has 3 aromatic rings. The molecule has 2 aromatic carbocycles. The average Bonchev–Trinajstić information content (AvgIpc) is 2.99. The van der Waals surface area contributed by atoms with E-state index in [4.69, 9.17) is 23.2 Å². The number of carbonyl (C=O) groups excluding carboxylic acids is 1. The molecule has 0 radical (unpaired) electrons. The number of amides is 2. The van der Waals surface area contributed by atoms with Crippen LogP contribution in [0.15, 0.2) is 41.8 Å². The fraction of sp³-hybridized carbons (Fsp3) is 0.111. The predicted molar refractivity (Wildman–Crippen MR) is 106 cm³/mol. The van der Waals surface area contributed by atoms with E-state index in [0.29, 0.717) is 20.9 Å². The Morgan fingerprint density at radius 3 is 2.56 bits per heavy atom. The molecule has 3 rings (SSSR count). The first-order valence-electron chi connectivity index (χ1n) is 7.48. The summed E-state index contributed by atoms with van der Waals surface area (Å²) in [5, 5.41) is 8.69. The van der Waals surface area contributed by atoms with Gasteiger partial charge in [0, 0.05) is 16.6 Å². The molecule has 0 bridgehead atoms. The zero-order valence-corrected chi connectivity index (χ0v) is 15.9. The summed E-state index contributed by atoms with van der Waals surface area (Å²) in [6.07, 6.45) is 0. The topological polar surface area (TPSA) is 54.0 Å². The number of carbonyl (C=O) groups is 1. The molecule has 0 fully saturated rings. The second-order valence-corrected chi connectivity index (χ2v) is 7.24. The maximum Gasteiger partial charge on any atom is 0.325 e. The van der Waals surface area contributed by atoms with Crippen LogP contribution in [-0.2, 0) is 0 Å². The number of aryl methyl sites for hydroxylation is 2. The summed E-state index contributed by atoms with van der Waals surface area (Å²) in [6, 6.07) is 10.7. The summed E-state index contributed by atoms with van der Waals surface area (Å²) in [5.74, 6) is 0. The Morgan fingerprint density at radius 1 is 1.04 bits per heavy atom. The number of hydrogen-bond acceptors (Lipinski definition) is 3. The van der Waals surface area contributed by atoms with Gasteiger partial charge >= 0.3 is 6.03 Å². The van der Waals surface area contributed by atoms with E-state index in [-0.39, 0.29) is 6.03 Å². The van der Waals surface area contributed by atoms with E-state index in [2.05, 4.69) is 28.6 Å². The van der Waals surface area contributed by atoms with Crippen LogP contribution in [0.4, 0.5) is 15.6 Å². The third-order valence-corrected chi connectivity index (χ3v) is 5.06. The minimum atomic E-state index is -0.389. The van der Waals surface area contributed by atoms with Gasteiger partial charge < -0.3 is 5.32 Å². The van der Waals surface area contributed by atoms with Crippen LogP contribution in [0.25, 0.3) is 11.3 Å². The second kappa shape index (κ2) is 7.44. The number of anilines is 2. The number of hydrogen-bond donors (Lipinski definition) is 2. The molecule has 2 N–H and O–H groups in total. The molecular weight excluding hydrogens is 377 g/mol. The van der Waals surface area contributed by atoms with Gasteiger partial charge in [-0.2, -0.15) is 0 Å². The van der Waals surface area contributed by atoms with Crippen molar-refractivity contribution in [1.29, 1.82) is 0 Å². The van der Waals surface area contributed by atoms with Crippen LogP contribution in [0.2, 0.25) is 10.0 Å². The van der Waals surface area contributed by atoms with Crippen LogP contribution in [0.1, 0.15) is 11.1 Å². The van der Waals surface area contributed by atoms with Crippen LogP contribution in [0.5, 0.6) is 0 Å². The van der Waals surface area contributed by atoms with Gasteiger partial charge in [-0.25, -0.2) is 9.78 Å². The minimum Gasteiger partial charge on any atom is -0.308 e. The SMILES string of the molecule is Cc1ccc(-c2csc(NC(=O)Nc3ccc(Cl)c(Cl)c3)n2)c(C)c1. The lowest BCUT2D eigenvalue weighted by Crippen LogP contribution is -2.19. The summed E-state index contributed by atoms with van der Waals surface area (Å²) in [6.45, 7) is 4.10. The summed E-state index contributed by atoms with van der Waals surface area (Å²) >= 11 is 13.2. The van der Waals surface area contributed by atoms with Crippen LogP contribution in [0, 0.1) is 13.8 Å². The van der Waals surface area contributed by atoms with E-state index >= 15 is 0 Å². The van der Waals surface area contributed by atoms with Crippen molar-refractivity contribution >= 4 is 51.4 Å². The Labute approximate surface area is 159 Å². The van der Waals surface area contributed by atoms with Crippen molar-refractivity contribution in [2.24, 2.45) is 0 Å². The average molecular weight is 392 g/mol. The number of nitrogens with one attached hydrogen (secondary N) is 2. The van der Waals surface area contributed by atoms with E-state index in [1.54, 1.807) is 18.2 Å². The van der Waals surface area contributed by atoms with Crippen molar-refractivity contribution in [3.05, 3.63) is 63.0 Å². The van der Waals surface area contributed by atoms with E-state index < -0.39 is 0 Å². The quantitative estimate of drug-likeness (QED) is 0.544. The molecule has 25 heavy (non-hydrogen) atoms. The molecule has 1 heterocycles. The lowest BCUT2D eigenvalue weighted by molar-refractivity contribution is 0.262. The monoisotopic (exact) mass is 391 g/mol. The number of halogens is 2. The number of benzene rings is 2. The second-order valence-electron chi connectivity index (χ2n) is 5.56. The highest BCUT2D eigenvalue weighted by Gasteiger charge is 2.10. The third kappa shape index (κ3) is 4.31. The Balaban J connectivity index is 1.70. The number of thiazole rings is 1. The molecule has 0 saturated heterocycles. The highest BCUT2D eigenvalue weighted by atomic mass is 35.5. The first-order valence-corrected chi connectivity index (χ1v) is 9.12. The molecule has 2 amide bonds. The first-order chi connectivity index (χ1) is 11.9. The summed E-state index contributed by atoms with van der Waals surface area (Å²) < 4.78 is 0. The minimum absolute atomic E-state index is 0.380. The van der Waals surface area contributed by atoms with Gasteiger partial charge in [0.2, 0.25) is 0 Å². The van der Waals surface area contributed by atoms with Gasteiger partial charge in [0.25, 0.3) is 0 Å². The van der Waals surface area contributed by atoms with Gasteiger partial charge in [0.05, 0.1) is 15.7 Å². The standard InChI is InChI=1S/C18H15Cl2N3OS/c1-10-3-5-13(11(2)7-10)16-9-25-18(22-16)23-17(24)21-12-4-6-14(19)15(20)8-12/h3-9H,1-2H3,(H2,21,22,23,24). The van der Waals surface area contributed by atoms with E-state index in [1.165, 1.54) is 16.9 Å². The van der Waals surface area contributed by atoms with E-state index in [9.17, 15) is 4.79 Å². The van der Waals surface area contributed by atoms with Crippen LogP contribution >= 0.6 is 34.5 Å². The Hall–Kier alpha value is -2.08. The Morgan fingerprint density at radius 2 is 1.84 bits per heavy atom. The number of urea groups is 1. The smallest absolute Gasteiger partial charge is 0.308 e. The van der Waals surface area contributed by atoms with Gasteiger partial charge in [0.1, 0.15) is 0 Å². The predicted octanol–water partition coefficient (Wildman–Crippen LogP) is 6.38. The third-order valence-electron chi connectivity index (χ3n) is 3.56. The van der Waals surface area contributed by atoms with Crippen molar-refractivity contribution in [3.63, 3.8) is 0 Å². The summed E-state index contributed by atoms with van der Waals surface area (Å²) in [7, 11) is 0. The largest absolute Gasteiger partial charge is 0.325 e. The van der Waals surface area contributed by atoms with Crippen molar-refractivity contribution in [2.45, 2.75) is 13.8 Å². The van der Waals surface area contributed by atoms with Gasteiger partial charge in [-0.1, -0.05) is 47.0 Å². The van der Waals surface area contributed by atoms with Crippen LogP contribution in [0.3, 0.4) is 0 Å². The highest BCUT2D eigenvalue weighted by molar-refractivity contribution is 7.14. The molecule has 0 atom stereocenters. The van der Waals surface area contributed by atoms with Crippen molar-refractivity contribution in [2.75, 3.05) is 10.6 Å². The zero-order chi connectivity index (χ0) is 18.0. The number of nitrogens with zero attached hydrogens (tertiary/aromatic N) is 1. The van der Waals surface area contributed by atoms with Crippen LogP contribution < -0.4 is 10.6 Å². The maximum atomic E-state index is 12.1. The molecular formula is C18H15Cl2N3OS. The number of aromatic nitrogens is 1. The summed E-state index contributed by atoms with van der Waals surface area (Å²) in [4.78, 5) is 16.6. The molecule has 0 aliphatic rings. The fourth-order valence-electron chi connectivity index (χ4n) is 2.39. The first kappa shape index (κ1) is 17.7. The number of rotatable bonds is 3. The highest BCUT2D eigenvalue weighted by Crippen LogP contribution is 2.28. The normalized spacial score (nSPS) is 10.6. The van der Waals surface area contributed by atoms with Crippen LogP contribution in [-0.4, -0.2) is 11.0 Å². The molecule has 1 aromatic heterocycles. The van der Waals surface area contributed by atoms with Gasteiger partial charge in [-0.05, 0) is 37.6 Å². The molecule has 4 nitrogen and oxygen atoms in total. The lowest BCUT2D eigenvalue weighted by Gasteiger charge is -2.06. The van der Waals surface area contributed by atoms with Gasteiger partial charge in [-0.3, -0.25) is 5.32 Å². The summed E-state index contributed by atoms with van der Waals surface area (Å²) in [5.41, 5.74) is 4.80. The van der Waals surface area contributed by atoms with Crippen molar-refractivity contribution < 1.29 is 4.79 Å². The lowest BCUT2D eigenvalue weighted by atomic mass is 10.0.